The van der Waals surface area contributed by atoms with Gasteiger partial charge in [0.15, 0.2) is 0 Å². The van der Waals surface area contributed by atoms with E-state index in [1.54, 1.807) is 0 Å². The molecule has 0 saturated heterocycles. The molecule has 47 aliphatic carbocycles. The fourth-order valence-electron chi connectivity index (χ4n) is 73.3. The fourth-order valence-corrected chi connectivity index (χ4v) is 73.3. The lowest BCUT2D eigenvalue weighted by molar-refractivity contribution is -1.31. The predicted molar refractivity (Wildman–Crippen MR) is 185 cm³/mol. The van der Waals surface area contributed by atoms with E-state index in [4.69, 9.17) is 0 Å². The van der Waals surface area contributed by atoms with Crippen molar-refractivity contribution in [3.63, 3.8) is 0 Å². The van der Waals surface area contributed by atoms with Crippen molar-refractivity contribution >= 4 is 0 Å². The van der Waals surface area contributed by atoms with E-state index in [0.717, 1.165) is 162 Å². The highest BCUT2D eigenvalue weighted by molar-refractivity contribution is 6.22. The Bertz CT molecular complexity index is 4530. The van der Waals surface area contributed by atoms with Gasteiger partial charge in [0.25, 0.3) is 0 Å². The van der Waals surface area contributed by atoms with Crippen LogP contribution in [0, 0.1) is 326 Å². The van der Waals surface area contributed by atoms with Crippen LogP contribution in [0.3, 0.4) is 0 Å². The van der Waals surface area contributed by atoms with Crippen molar-refractivity contribution in [1.82, 2.24) is 0 Å². The SMILES string of the molecule is C1C2C3C4C5CC6C7C8C9C%10C%11C%12CC%13C%14C%15C%16C%17CC%18C%19C%20C%21C%22C%23C1C21C32C43C54C6C75C86C97C%108C%119C%13%12C%14%10C%15%11C%16%12C%17%18C%19%13C%20%14C%21%15C%22%16C%231C21C32C45C63C74C85C%109C%116C%12%13C%147C%158C%161C23C48C657. The maximum Gasteiger partial charge on any atom is -0.0000253 e. The normalized spacial score (nSPS) is 149. The molecule has 62 heavy (non-hydrogen) atoms. The molecule has 0 aromatic carbocycles. The van der Waals surface area contributed by atoms with E-state index in [9.17, 15) is 0 Å². The molecular formula is C62H32. The summed E-state index contributed by atoms with van der Waals surface area (Å²) in [7, 11) is 0. The Kier molecular flexibility index (Phi) is 0.894. The Morgan fingerprint density at radius 2 is 0.452 bits per heavy atom. The lowest BCUT2D eigenvalue weighted by Gasteiger charge is -3.75. The molecule has 0 aromatic heterocycles. The Labute approximate surface area is 350 Å². The molecule has 58 unspecified atom stereocenters. The first-order valence-electron chi connectivity index (χ1n) is 30.9. The minimum absolute atomic E-state index is 1.11. The molecule has 47 fully saturated rings. The topological polar surface area (TPSA) is 0 Å². The average molecular weight is 777 g/mol. The second kappa shape index (κ2) is 2.80. The van der Waals surface area contributed by atoms with Crippen molar-refractivity contribution in [2.45, 2.75) is 25.7 Å². The molecule has 34 spiro atoms. The largest absolute Gasteiger partial charge is 0.0461 e. The van der Waals surface area contributed by atoms with Crippen molar-refractivity contribution in [2.75, 3.05) is 0 Å². The Morgan fingerprint density at radius 1 is 0.177 bits per heavy atom. The molecule has 58 atom stereocenters. The van der Waals surface area contributed by atoms with Crippen LogP contribution >= 0.6 is 0 Å². The van der Waals surface area contributed by atoms with Gasteiger partial charge in [-0.25, -0.2) is 0 Å². The zero-order valence-electron chi connectivity index (χ0n) is 33.7. The van der Waals surface area contributed by atoms with Crippen LogP contribution in [-0.4, -0.2) is 0 Å². The Hall–Kier alpha value is 0. The fraction of sp³-hybridized carbons (Fsp3) is 1.00. The Morgan fingerprint density at radius 3 is 0.968 bits per heavy atom. The molecule has 0 nitrogen and oxygen atoms in total. The van der Waals surface area contributed by atoms with Crippen LogP contribution in [0.1, 0.15) is 25.7 Å². The highest BCUT2D eigenvalue weighted by atomic mass is 15.8. The summed E-state index contributed by atoms with van der Waals surface area (Å²) in [6.45, 7) is 0. The maximum atomic E-state index is 1.93. The zero-order chi connectivity index (χ0) is 33.7. The molecule has 0 aliphatic heterocycles. The van der Waals surface area contributed by atoms with Crippen LogP contribution in [0.5, 0.6) is 0 Å². The smallest absolute Gasteiger partial charge is 0.0000253 e. The third-order valence-electron chi connectivity index (χ3n) is 56.2. The third-order valence-corrected chi connectivity index (χ3v) is 56.2. The summed E-state index contributed by atoms with van der Waals surface area (Å²) in [5, 5.41) is 0. The highest BCUT2D eigenvalue weighted by Crippen LogP contribution is 3.79. The maximum absolute atomic E-state index is 1.93. The van der Waals surface area contributed by atoms with Gasteiger partial charge in [0, 0.05) is 0 Å². The molecule has 47 rings (SSSR count). The number of hydrogen-bond donors (Lipinski definition) is 0. The molecule has 0 aromatic rings. The predicted octanol–water partition coefficient (Wildman–Crippen LogP) is 4.51. The van der Waals surface area contributed by atoms with Crippen molar-refractivity contribution in [3.05, 3.63) is 0 Å². The van der Waals surface area contributed by atoms with Crippen molar-refractivity contribution in [3.8, 4) is 0 Å². The first-order valence-corrected chi connectivity index (χ1v) is 30.9. The number of hydrogen-bond acceptors (Lipinski definition) is 0. The quantitative estimate of drug-likeness (QED) is 0.340. The summed E-state index contributed by atoms with van der Waals surface area (Å²) < 4.78 is 0. The van der Waals surface area contributed by atoms with Gasteiger partial charge < -0.3 is 0 Å². The van der Waals surface area contributed by atoms with Gasteiger partial charge in [0.05, 0.1) is 0 Å². The second-order valence-electron chi connectivity index (χ2n) is 41.1. The summed E-state index contributed by atoms with van der Waals surface area (Å²) in [6, 6.07) is 0. The third kappa shape index (κ3) is 0.377. The van der Waals surface area contributed by atoms with Crippen LogP contribution in [0.25, 0.3) is 0 Å². The highest BCUT2D eigenvalue weighted by Gasteiger charge is 3.79. The summed E-state index contributed by atoms with van der Waals surface area (Å²) in [6.07, 6.45) is 7.57. The van der Waals surface area contributed by atoms with Gasteiger partial charge in [-0.3, -0.25) is 0 Å². The number of fused-ring (bicyclic) bond motifs is 19. The molecule has 0 heteroatoms. The standard InChI is InChI=1S/C62H32/c1-5-13-21-26-23-19-11-3-8-16-22-17-9-4-12-20-25-27-24-18-10-2-7-15-14-6(1)32-28(5)33(13)41(21)46(26)43(23)38(19)30(8,11)35(16)42(22)36(17)31(9,12)39(20)45(25)47(27)44(24)37(18)29(7,10)34(15)40(14,32)52-48(32,33)53(41)58(46)55(43)50(35,38)54(42)51(36,39)57(45)59(47)56(44,49(34,37)52)60(52,53)62(58,59)61(54,55)57/h5-28H,1-4H2. The first kappa shape index (κ1) is 19.8. The molecule has 47 saturated carbocycles. The zero-order valence-corrected chi connectivity index (χ0v) is 33.7. The van der Waals surface area contributed by atoms with E-state index < -0.39 is 0 Å². The van der Waals surface area contributed by atoms with Crippen LogP contribution in [0.4, 0.5) is 0 Å². The minimum atomic E-state index is 1.11. The van der Waals surface area contributed by atoms with Gasteiger partial charge in [-0.2, -0.15) is 0 Å². The lowest BCUT2D eigenvalue weighted by atomic mass is 8.27. The monoisotopic (exact) mass is 776 g/mol. The minimum Gasteiger partial charge on any atom is -0.0461 e. The molecule has 0 bridgehead atoms. The van der Waals surface area contributed by atoms with Gasteiger partial charge in [-0.15, -0.1) is 0 Å². The average Bonchev–Trinajstić information content (AvgIpc) is 3.37. The second-order valence-corrected chi connectivity index (χ2v) is 41.1. The molecular weight excluding hydrogens is 745 g/mol. The van der Waals surface area contributed by atoms with Gasteiger partial charge >= 0.3 is 0 Å². The van der Waals surface area contributed by atoms with Crippen molar-refractivity contribution in [2.24, 2.45) is 326 Å². The van der Waals surface area contributed by atoms with Crippen molar-refractivity contribution < 1.29 is 0 Å². The van der Waals surface area contributed by atoms with E-state index in [1.807, 2.05) is 25.7 Å². The van der Waals surface area contributed by atoms with E-state index >= 15 is 0 Å². The van der Waals surface area contributed by atoms with Gasteiger partial charge in [0.1, 0.15) is 0 Å². The summed E-state index contributed by atoms with van der Waals surface area (Å²) in [5.74, 6) is 34.0. The molecule has 280 valence electrons. The molecule has 47 aliphatic rings. The van der Waals surface area contributed by atoms with Gasteiger partial charge in [-0.1, -0.05) is 0 Å². The molecule has 0 N–H and O–H groups in total. The molecule has 0 amide bonds. The van der Waals surface area contributed by atoms with E-state index in [0.29, 0.717) is 0 Å². The van der Waals surface area contributed by atoms with Crippen LogP contribution in [0.2, 0.25) is 0 Å². The first-order chi connectivity index (χ1) is 30.9. The lowest BCUT2D eigenvalue weighted by Crippen LogP contribution is -3.74. The summed E-state index contributed by atoms with van der Waals surface area (Å²) in [5.41, 5.74) is 38.9. The Balaban J connectivity index is 0.792. The van der Waals surface area contributed by atoms with Crippen LogP contribution in [0.15, 0.2) is 0 Å². The van der Waals surface area contributed by atoms with E-state index in [2.05, 4.69) is 0 Å². The summed E-state index contributed by atoms with van der Waals surface area (Å²) in [4.78, 5) is 0. The van der Waals surface area contributed by atoms with Crippen LogP contribution in [-0.2, 0) is 0 Å². The van der Waals surface area contributed by atoms with E-state index in [-0.39, 0.29) is 0 Å². The summed E-state index contributed by atoms with van der Waals surface area (Å²) >= 11 is 0. The molecule has 0 radical (unpaired) electrons. The van der Waals surface area contributed by atoms with Gasteiger partial charge in [0.2, 0.25) is 0 Å². The molecule has 0 heterocycles. The van der Waals surface area contributed by atoms with Crippen LogP contribution < -0.4 is 0 Å². The van der Waals surface area contributed by atoms with Gasteiger partial charge in [-0.05, 0) is 352 Å². The van der Waals surface area contributed by atoms with Crippen molar-refractivity contribution in [1.29, 1.82) is 0 Å². The number of rotatable bonds is 0. The van der Waals surface area contributed by atoms with E-state index in [1.165, 1.54) is 164 Å².